The van der Waals surface area contributed by atoms with Gasteiger partial charge in [-0.25, -0.2) is 4.99 Å². The number of rotatable bonds is 2. The zero-order valence-electron chi connectivity index (χ0n) is 14.0. The third-order valence-electron chi connectivity index (χ3n) is 5.44. The van der Waals surface area contributed by atoms with Crippen LogP contribution in [-0.2, 0) is 0 Å². The van der Waals surface area contributed by atoms with Crippen molar-refractivity contribution >= 4 is 5.71 Å². The Balaban J connectivity index is 1.74. The van der Waals surface area contributed by atoms with E-state index in [9.17, 15) is 5.11 Å². The highest BCUT2D eigenvalue weighted by Gasteiger charge is 2.42. The number of quaternary nitrogens is 1. The first-order chi connectivity index (χ1) is 11.8. The number of hydrogen-bond donors (Lipinski definition) is 2. The minimum atomic E-state index is -0.0470. The average Bonchev–Trinajstić information content (AvgIpc) is 2.63. The molecule has 2 aromatic rings. The minimum Gasteiger partial charge on any atom is -0.507 e. The molecule has 0 radical (unpaired) electrons. The van der Waals surface area contributed by atoms with Gasteiger partial charge in [0.25, 0.3) is 0 Å². The van der Waals surface area contributed by atoms with Gasteiger partial charge in [0.2, 0.25) is 0 Å². The SMILES string of the molecule is Oc1ccccc1[C@@H]1CC(c2ccccc2)=NC2(CCCCC2)[NH2+]1. The minimum absolute atomic E-state index is 0.0470. The van der Waals surface area contributed by atoms with Gasteiger partial charge < -0.3 is 10.4 Å². The van der Waals surface area contributed by atoms with E-state index < -0.39 is 0 Å². The second kappa shape index (κ2) is 6.40. The molecule has 124 valence electrons. The lowest BCUT2D eigenvalue weighted by molar-refractivity contribution is -0.766. The van der Waals surface area contributed by atoms with Crippen LogP contribution < -0.4 is 5.32 Å². The summed E-state index contributed by atoms with van der Waals surface area (Å²) in [6, 6.07) is 18.5. The van der Waals surface area contributed by atoms with Gasteiger partial charge in [0.05, 0.1) is 11.3 Å². The van der Waals surface area contributed by atoms with Crippen molar-refractivity contribution in [1.82, 2.24) is 0 Å². The van der Waals surface area contributed by atoms with Crippen molar-refractivity contribution in [3.63, 3.8) is 0 Å². The van der Waals surface area contributed by atoms with Gasteiger partial charge >= 0.3 is 0 Å². The fourth-order valence-corrected chi connectivity index (χ4v) is 4.25. The van der Waals surface area contributed by atoms with Crippen LogP contribution in [0.15, 0.2) is 59.6 Å². The van der Waals surface area contributed by atoms with Crippen molar-refractivity contribution in [1.29, 1.82) is 0 Å². The molecule has 0 unspecified atom stereocenters. The topological polar surface area (TPSA) is 49.2 Å². The highest BCUT2D eigenvalue weighted by molar-refractivity contribution is 6.01. The molecule has 3 nitrogen and oxygen atoms in total. The van der Waals surface area contributed by atoms with E-state index >= 15 is 0 Å². The number of nitrogens with zero attached hydrogens (tertiary/aromatic N) is 1. The lowest BCUT2D eigenvalue weighted by Gasteiger charge is -2.39. The van der Waals surface area contributed by atoms with Crippen LogP contribution in [0.1, 0.15) is 55.7 Å². The Morgan fingerprint density at radius 3 is 2.38 bits per heavy atom. The van der Waals surface area contributed by atoms with E-state index in [-0.39, 0.29) is 11.7 Å². The smallest absolute Gasteiger partial charge is 0.190 e. The van der Waals surface area contributed by atoms with Crippen molar-refractivity contribution < 1.29 is 10.4 Å². The fourth-order valence-electron chi connectivity index (χ4n) is 4.25. The number of aromatic hydroxyl groups is 1. The quantitative estimate of drug-likeness (QED) is 0.873. The Bertz CT molecular complexity index is 733. The van der Waals surface area contributed by atoms with Gasteiger partial charge in [-0.2, -0.15) is 0 Å². The molecular formula is C21H25N2O+. The summed E-state index contributed by atoms with van der Waals surface area (Å²) < 4.78 is 0. The maximum absolute atomic E-state index is 10.3. The molecule has 3 N–H and O–H groups in total. The van der Waals surface area contributed by atoms with Gasteiger partial charge in [0, 0.05) is 19.3 Å². The van der Waals surface area contributed by atoms with Crippen LogP contribution in [0.2, 0.25) is 0 Å². The monoisotopic (exact) mass is 321 g/mol. The molecule has 1 aliphatic heterocycles. The lowest BCUT2D eigenvalue weighted by Crippen LogP contribution is -2.98. The van der Waals surface area contributed by atoms with Crippen molar-refractivity contribution in [2.75, 3.05) is 0 Å². The number of para-hydroxylation sites is 1. The third kappa shape index (κ3) is 2.96. The lowest BCUT2D eigenvalue weighted by atomic mass is 9.84. The number of hydrogen-bond acceptors (Lipinski definition) is 2. The predicted molar refractivity (Wildman–Crippen MR) is 96.2 cm³/mol. The summed E-state index contributed by atoms with van der Waals surface area (Å²) in [4.78, 5) is 5.23. The van der Waals surface area contributed by atoms with E-state index in [1.807, 2.05) is 12.1 Å². The summed E-state index contributed by atoms with van der Waals surface area (Å²) in [7, 11) is 0. The molecule has 0 saturated heterocycles. The van der Waals surface area contributed by atoms with Crippen LogP contribution in [0, 0.1) is 0 Å². The Labute approximate surface area is 143 Å². The fraction of sp³-hybridized carbons (Fsp3) is 0.381. The number of benzene rings is 2. The molecule has 24 heavy (non-hydrogen) atoms. The van der Waals surface area contributed by atoms with E-state index in [0.29, 0.717) is 5.75 Å². The number of phenolic OH excluding ortho intramolecular Hbond substituents is 1. The van der Waals surface area contributed by atoms with E-state index in [2.05, 4.69) is 41.7 Å². The zero-order valence-corrected chi connectivity index (χ0v) is 14.0. The van der Waals surface area contributed by atoms with Crippen LogP contribution in [0.5, 0.6) is 5.75 Å². The Hall–Kier alpha value is -2.13. The van der Waals surface area contributed by atoms with Crippen molar-refractivity contribution in [2.45, 2.75) is 50.2 Å². The molecule has 1 heterocycles. The largest absolute Gasteiger partial charge is 0.507 e. The number of aliphatic imine (C=N–C) groups is 1. The molecule has 1 saturated carbocycles. The van der Waals surface area contributed by atoms with Gasteiger partial charge in [-0.1, -0.05) is 48.9 Å². The van der Waals surface area contributed by atoms with Crippen LogP contribution >= 0.6 is 0 Å². The van der Waals surface area contributed by atoms with Gasteiger partial charge in [0.1, 0.15) is 11.8 Å². The molecule has 0 amide bonds. The summed E-state index contributed by atoms with van der Waals surface area (Å²) in [5, 5.41) is 12.8. The van der Waals surface area contributed by atoms with E-state index in [1.54, 1.807) is 6.07 Å². The highest BCUT2D eigenvalue weighted by Crippen LogP contribution is 2.34. The molecule has 4 rings (SSSR count). The summed E-state index contributed by atoms with van der Waals surface area (Å²) in [5.41, 5.74) is 3.39. The van der Waals surface area contributed by atoms with E-state index in [1.165, 1.54) is 30.5 Å². The van der Waals surface area contributed by atoms with Gasteiger partial charge in [-0.3, -0.25) is 0 Å². The summed E-state index contributed by atoms with van der Waals surface area (Å²) in [5.74, 6) is 0.402. The van der Waals surface area contributed by atoms with Crippen LogP contribution in [0.25, 0.3) is 0 Å². The first-order valence-electron chi connectivity index (χ1n) is 9.04. The molecular weight excluding hydrogens is 296 g/mol. The molecule has 3 heteroatoms. The molecule has 1 aliphatic carbocycles. The Morgan fingerprint density at radius 1 is 0.917 bits per heavy atom. The summed E-state index contributed by atoms with van der Waals surface area (Å²) >= 11 is 0. The molecule has 1 atom stereocenters. The first-order valence-corrected chi connectivity index (χ1v) is 9.04. The molecule has 1 spiro atoms. The van der Waals surface area contributed by atoms with Gasteiger partial charge in [-0.15, -0.1) is 0 Å². The van der Waals surface area contributed by atoms with Crippen LogP contribution in [-0.4, -0.2) is 16.5 Å². The summed E-state index contributed by atoms with van der Waals surface area (Å²) in [6.07, 6.45) is 6.93. The number of nitrogens with two attached hydrogens (primary N) is 1. The van der Waals surface area contributed by atoms with Crippen LogP contribution in [0.3, 0.4) is 0 Å². The maximum Gasteiger partial charge on any atom is 0.190 e. The zero-order chi connectivity index (χ0) is 16.4. The molecule has 2 aliphatic rings. The number of phenols is 1. The Kier molecular flexibility index (Phi) is 4.11. The van der Waals surface area contributed by atoms with Crippen molar-refractivity contribution in [3.05, 3.63) is 65.7 Å². The molecule has 0 bridgehead atoms. The Morgan fingerprint density at radius 2 is 1.62 bits per heavy atom. The second-order valence-electron chi connectivity index (χ2n) is 7.12. The third-order valence-corrected chi connectivity index (χ3v) is 5.44. The molecule has 1 fully saturated rings. The van der Waals surface area contributed by atoms with Gasteiger partial charge in [-0.05, 0) is 30.5 Å². The normalized spacial score (nSPS) is 23.0. The standard InChI is InChI=1S/C21H24N2O/c24-20-12-6-5-11-17(20)19-15-18(16-9-3-1-4-10-16)22-21(23-19)13-7-2-8-14-21/h1,3-6,9-12,19,23-24H,2,7-8,13-15H2/p+1/t19-/m0/s1. The van der Waals surface area contributed by atoms with Crippen molar-refractivity contribution in [3.8, 4) is 5.75 Å². The van der Waals surface area contributed by atoms with E-state index in [0.717, 1.165) is 24.8 Å². The summed E-state index contributed by atoms with van der Waals surface area (Å²) in [6.45, 7) is 0. The van der Waals surface area contributed by atoms with Crippen molar-refractivity contribution in [2.24, 2.45) is 4.99 Å². The first kappa shape index (κ1) is 15.4. The molecule has 0 aromatic heterocycles. The second-order valence-corrected chi connectivity index (χ2v) is 7.12. The molecule has 2 aromatic carbocycles. The average molecular weight is 321 g/mol. The van der Waals surface area contributed by atoms with E-state index in [4.69, 9.17) is 4.99 Å². The van der Waals surface area contributed by atoms with Gasteiger partial charge in [0.15, 0.2) is 5.66 Å². The maximum atomic E-state index is 10.3. The highest BCUT2D eigenvalue weighted by atomic mass is 16.3. The predicted octanol–water partition coefficient (Wildman–Crippen LogP) is 3.55. The van der Waals surface area contributed by atoms with Crippen LogP contribution in [0.4, 0.5) is 0 Å².